The molecule has 0 N–H and O–H groups in total. The molecule has 0 aliphatic heterocycles. The van der Waals surface area contributed by atoms with Crippen molar-refractivity contribution in [3.05, 3.63) is 40.1 Å². The molecule has 0 bridgehead atoms. The second-order valence-corrected chi connectivity index (χ2v) is 3.46. The Kier molecular flexibility index (Phi) is 6.88. The molecule has 0 fully saturated rings. The fourth-order valence-electron chi connectivity index (χ4n) is 0.844. The van der Waals surface area contributed by atoms with Crippen LogP contribution in [-0.4, -0.2) is 5.78 Å². The van der Waals surface area contributed by atoms with E-state index in [0.717, 1.165) is 5.56 Å². The molecule has 0 unspecified atom stereocenters. The van der Waals surface area contributed by atoms with E-state index in [9.17, 15) is 9.18 Å². The van der Waals surface area contributed by atoms with Crippen LogP contribution in [0.25, 0.3) is 6.08 Å². The third kappa shape index (κ3) is 5.47. The molecule has 82 valence electrons. The molecule has 0 spiro atoms. The molecule has 1 rings (SSSR count). The number of carbonyl (C=O) groups is 1. The fraction of sp³-hybridized carbons (Fsp3) is 0.250. The lowest BCUT2D eigenvalue weighted by Crippen LogP contribution is -1.82. The monoisotopic (exact) mass is 272 g/mol. The smallest absolute Gasteiger partial charge is 0.152 e. The van der Waals surface area contributed by atoms with Crippen LogP contribution in [0.4, 0.5) is 4.39 Å². The van der Waals surface area contributed by atoms with Gasteiger partial charge in [-0.2, -0.15) is 0 Å². The number of ketones is 1. The van der Waals surface area contributed by atoms with Crippen LogP contribution < -0.4 is 0 Å². The number of halogens is 2. The summed E-state index contributed by atoms with van der Waals surface area (Å²) in [6.45, 7) is 5.47. The molecule has 0 atom stereocenters. The minimum absolute atomic E-state index is 0.0313. The Hall–Kier alpha value is -0.960. The molecule has 15 heavy (non-hydrogen) atoms. The first-order valence-electron chi connectivity index (χ1n) is 4.73. The lowest BCUT2D eigenvalue weighted by Gasteiger charge is -1.97. The normalized spacial score (nSPS) is 9.67. The Balaban J connectivity index is 0.000000921. The van der Waals surface area contributed by atoms with Crippen LogP contribution >= 0.6 is 15.9 Å². The summed E-state index contributed by atoms with van der Waals surface area (Å²) in [5.41, 5.74) is 0.789. The van der Waals surface area contributed by atoms with Gasteiger partial charge in [0.05, 0.1) is 0 Å². The standard InChI is InChI=1S/C10H8BrFO.C2H6/c1-7(13)2-3-8-4-5-9(12)6-10(8)11;1-2/h2-6H,1H3;1-2H3/b3-2+;. The van der Waals surface area contributed by atoms with E-state index in [1.54, 1.807) is 12.1 Å². The van der Waals surface area contributed by atoms with Gasteiger partial charge in [0.2, 0.25) is 0 Å². The summed E-state index contributed by atoms with van der Waals surface area (Å²) in [5, 5.41) is 0. The van der Waals surface area contributed by atoms with Gasteiger partial charge in [0, 0.05) is 4.47 Å². The van der Waals surface area contributed by atoms with E-state index in [4.69, 9.17) is 0 Å². The summed E-state index contributed by atoms with van der Waals surface area (Å²) in [6.07, 6.45) is 3.09. The molecule has 0 radical (unpaired) electrons. The van der Waals surface area contributed by atoms with E-state index < -0.39 is 0 Å². The third-order valence-corrected chi connectivity index (χ3v) is 2.15. The number of rotatable bonds is 2. The van der Waals surface area contributed by atoms with Gasteiger partial charge in [-0.1, -0.05) is 41.9 Å². The van der Waals surface area contributed by atoms with Crippen molar-refractivity contribution >= 4 is 27.8 Å². The molecule has 0 saturated heterocycles. The summed E-state index contributed by atoms with van der Waals surface area (Å²) in [6, 6.07) is 4.32. The highest BCUT2D eigenvalue weighted by Crippen LogP contribution is 2.19. The number of hydrogen-bond acceptors (Lipinski definition) is 1. The zero-order valence-electron chi connectivity index (χ0n) is 9.05. The van der Waals surface area contributed by atoms with Crippen molar-refractivity contribution < 1.29 is 9.18 Å². The maximum Gasteiger partial charge on any atom is 0.152 e. The Labute approximate surface area is 98.1 Å². The number of carbonyl (C=O) groups excluding carboxylic acids is 1. The van der Waals surface area contributed by atoms with Crippen molar-refractivity contribution in [2.45, 2.75) is 20.8 Å². The van der Waals surface area contributed by atoms with Gasteiger partial charge >= 0.3 is 0 Å². The Morgan fingerprint density at radius 1 is 1.40 bits per heavy atom. The topological polar surface area (TPSA) is 17.1 Å². The van der Waals surface area contributed by atoms with Crippen LogP contribution in [0.5, 0.6) is 0 Å². The summed E-state index contributed by atoms with van der Waals surface area (Å²) < 4.78 is 13.3. The third-order valence-electron chi connectivity index (χ3n) is 1.46. The highest BCUT2D eigenvalue weighted by molar-refractivity contribution is 9.10. The Morgan fingerprint density at radius 3 is 2.47 bits per heavy atom. The second kappa shape index (κ2) is 7.35. The van der Waals surface area contributed by atoms with Crippen molar-refractivity contribution in [1.29, 1.82) is 0 Å². The average Bonchev–Trinajstić information content (AvgIpc) is 2.19. The number of allylic oxidation sites excluding steroid dienone is 1. The minimum atomic E-state index is -0.299. The predicted molar refractivity (Wildman–Crippen MR) is 65.2 cm³/mol. The van der Waals surface area contributed by atoms with Crippen molar-refractivity contribution in [3.63, 3.8) is 0 Å². The van der Waals surface area contributed by atoms with E-state index in [1.807, 2.05) is 13.8 Å². The molecule has 0 aliphatic carbocycles. The quantitative estimate of drug-likeness (QED) is 0.737. The van der Waals surface area contributed by atoms with E-state index in [1.165, 1.54) is 25.1 Å². The van der Waals surface area contributed by atoms with Crippen LogP contribution in [0, 0.1) is 5.82 Å². The second-order valence-electron chi connectivity index (χ2n) is 2.61. The molecular weight excluding hydrogens is 259 g/mol. The zero-order valence-corrected chi connectivity index (χ0v) is 10.6. The molecule has 0 heterocycles. The predicted octanol–water partition coefficient (Wildman–Crippen LogP) is 4.22. The molecule has 1 nitrogen and oxygen atoms in total. The summed E-state index contributed by atoms with van der Waals surface area (Å²) in [7, 11) is 0. The summed E-state index contributed by atoms with van der Waals surface area (Å²) in [4.78, 5) is 10.6. The molecule has 1 aromatic carbocycles. The SMILES string of the molecule is CC.CC(=O)/C=C/c1ccc(F)cc1Br. The lowest BCUT2D eigenvalue weighted by molar-refractivity contribution is -0.112. The van der Waals surface area contributed by atoms with Gasteiger partial charge in [-0.05, 0) is 30.7 Å². The van der Waals surface area contributed by atoms with E-state index >= 15 is 0 Å². The highest BCUT2D eigenvalue weighted by atomic mass is 79.9. The maximum absolute atomic E-state index is 12.6. The highest BCUT2D eigenvalue weighted by Gasteiger charge is 1.97. The summed E-state index contributed by atoms with van der Waals surface area (Å²) in [5.74, 6) is -0.330. The van der Waals surface area contributed by atoms with Crippen LogP contribution in [0.3, 0.4) is 0 Å². The van der Waals surface area contributed by atoms with Crippen molar-refractivity contribution in [2.24, 2.45) is 0 Å². The van der Waals surface area contributed by atoms with Crippen molar-refractivity contribution in [3.8, 4) is 0 Å². The molecule has 1 aromatic rings. The van der Waals surface area contributed by atoms with Crippen molar-refractivity contribution in [2.75, 3.05) is 0 Å². The van der Waals surface area contributed by atoms with Crippen LogP contribution in [0.1, 0.15) is 26.3 Å². The van der Waals surface area contributed by atoms with Gasteiger partial charge < -0.3 is 0 Å². The molecule has 0 amide bonds. The van der Waals surface area contributed by atoms with Crippen LogP contribution in [0.2, 0.25) is 0 Å². The first-order chi connectivity index (χ1) is 7.09. The van der Waals surface area contributed by atoms with Crippen LogP contribution in [-0.2, 0) is 4.79 Å². The molecule has 0 aliphatic rings. The van der Waals surface area contributed by atoms with Gasteiger partial charge in [0.1, 0.15) is 5.82 Å². The minimum Gasteiger partial charge on any atom is -0.295 e. The maximum atomic E-state index is 12.6. The Bertz CT molecular complexity index is 359. The average molecular weight is 273 g/mol. The van der Waals surface area contributed by atoms with Crippen molar-refractivity contribution in [1.82, 2.24) is 0 Å². The van der Waals surface area contributed by atoms with Crippen LogP contribution in [0.15, 0.2) is 28.7 Å². The number of hydrogen-bond donors (Lipinski definition) is 0. The largest absolute Gasteiger partial charge is 0.295 e. The fourth-order valence-corrected chi connectivity index (χ4v) is 1.33. The Morgan fingerprint density at radius 2 is 2.00 bits per heavy atom. The lowest BCUT2D eigenvalue weighted by atomic mass is 10.2. The van der Waals surface area contributed by atoms with Gasteiger partial charge in [0.25, 0.3) is 0 Å². The molecule has 3 heteroatoms. The molecular formula is C12H14BrFO. The molecule has 0 saturated carbocycles. The van der Waals surface area contributed by atoms with Gasteiger partial charge in [-0.15, -0.1) is 0 Å². The zero-order chi connectivity index (χ0) is 11.8. The first kappa shape index (κ1) is 14.0. The van der Waals surface area contributed by atoms with Gasteiger partial charge in [-0.3, -0.25) is 4.79 Å². The number of benzene rings is 1. The van der Waals surface area contributed by atoms with Gasteiger partial charge in [-0.25, -0.2) is 4.39 Å². The van der Waals surface area contributed by atoms with E-state index in [2.05, 4.69) is 15.9 Å². The first-order valence-corrected chi connectivity index (χ1v) is 5.52. The molecule has 0 aromatic heterocycles. The van der Waals surface area contributed by atoms with E-state index in [0.29, 0.717) is 4.47 Å². The van der Waals surface area contributed by atoms with Gasteiger partial charge in [0.15, 0.2) is 5.78 Å². The van der Waals surface area contributed by atoms with E-state index in [-0.39, 0.29) is 11.6 Å². The summed E-state index contributed by atoms with van der Waals surface area (Å²) >= 11 is 3.19.